The molecular weight excluding hydrogens is 344 g/mol. The van der Waals surface area contributed by atoms with Gasteiger partial charge in [-0.1, -0.05) is 6.07 Å². The van der Waals surface area contributed by atoms with E-state index in [1.54, 1.807) is 12.1 Å². The number of nitrogens with one attached hydrogen (secondary N) is 1. The summed E-state index contributed by atoms with van der Waals surface area (Å²) >= 11 is 0. The number of carboxylic acids is 1. The minimum atomic E-state index is -1.10. The average Bonchev–Trinajstić information content (AvgIpc) is 3.42. The molecule has 2 N–H and O–H groups in total. The Morgan fingerprint density at radius 1 is 1.23 bits per heavy atom. The largest absolute Gasteiger partial charge is 0.496 e. The molecule has 0 spiro atoms. The Labute approximate surface area is 148 Å². The number of amides is 1. The van der Waals surface area contributed by atoms with Crippen LogP contribution in [0.25, 0.3) is 0 Å². The minimum absolute atomic E-state index is 0.0337. The van der Waals surface area contributed by atoms with Crippen LogP contribution in [0, 0.1) is 17.6 Å². The van der Waals surface area contributed by atoms with Crippen LogP contribution in [-0.2, 0) is 11.3 Å². The first-order valence-electron chi connectivity index (χ1n) is 8.03. The van der Waals surface area contributed by atoms with E-state index in [9.17, 15) is 18.4 Å². The van der Waals surface area contributed by atoms with Crippen molar-refractivity contribution >= 4 is 11.9 Å². The van der Waals surface area contributed by atoms with Crippen molar-refractivity contribution < 1.29 is 28.2 Å². The Kier molecular flexibility index (Phi) is 4.88. The van der Waals surface area contributed by atoms with Gasteiger partial charge in [-0.2, -0.15) is 0 Å². The van der Waals surface area contributed by atoms with E-state index in [4.69, 9.17) is 9.84 Å². The van der Waals surface area contributed by atoms with Gasteiger partial charge in [0.1, 0.15) is 22.9 Å². The van der Waals surface area contributed by atoms with Gasteiger partial charge in [0.05, 0.1) is 7.11 Å². The smallest absolute Gasteiger partial charge is 0.339 e. The highest BCUT2D eigenvalue weighted by Crippen LogP contribution is 2.48. The van der Waals surface area contributed by atoms with Crippen LogP contribution < -0.4 is 10.1 Å². The maximum absolute atomic E-state index is 13.8. The van der Waals surface area contributed by atoms with E-state index in [-0.39, 0.29) is 35.2 Å². The Balaban J connectivity index is 1.62. The van der Waals surface area contributed by atoms with Gasteiger partial charge in [-0.15, -0.1) is 0 Å². The standard InChI is InChI=1S/C19H17F2NO4/c1-26-17-6-10(2-4-12(17)19(24)25)9-22-18(23)15-8-13(15)14-7-11(20)3-5-16(14)21/h2-7,13,15H,8-9H2,1H3,(H,22,23)(H,24,25). The molecular formula is C19H17F2NO4. The second-order valence-corrected chi connectivity index (χ2v) is 6.17. The molecule has 1 aliphatic rings. The summed E-state index contributed by atoms with van der Waals surface area (Å²) in [6, 6.07) is 7.77. The Morgan fingerprint density at radius 2 is 2.00 bits per heavy atom. The summed E-state index contributed by atoms with van der Waals surface area (Å²) in [5.41, 5.74) is 0.929. The number of rotatable bonds is 6. The van der Waals surface area contributed by atoms with Crippen molar-refractivity contribution in [1.29, 1.82) is 0 Å². The maximum Gasteiger partial charge on any atom is 0.339 e. The highest BCUT2D eigenvalue weighted by molar-refractivity contribution is 5.91. The number of carbonyl (C=O) groups excluding carboxylic acids is 1. The summed E-state index contributed by atoms with van der Waals surface area (Å²) in [6.45, 7) is 0.184. The molecule has 5 nitrogen and oxygen atoms in total. The number of methoxy groups -OCH3 is 1. The molecule has 0 saturated heterocycles. The zero-order valence-electron chi connectivity index (χ0n) is 14.0. The molecule has 1 fully saturated rings. The predicted molar refractivity (Wildman–Crippen MR) is 89.0 cm³/mol. The van der Waals surface area contributed by atoms with Gasteiger partial charge in [0.2, 0.25) is 5.91 Å². The number of carboxylic acid groups (broad SMARTS) is 1. The van der Waals surface area contributed by atoms with Crippen LogP contribution in [0.4, 0.5) is 8.78 Å². The summed E-state index contributed by atoms with van der Waals surface area (Å²) in [5.74, 6) is -2.91. The van der Waals surface area contributed by atoms with E-state index in [2.05, 4.69) is 5.32 Å². The lowest BCUT2D eigenvalue weighted by molar-refractivity contribution is -0.122. The number of ether oxygens (including phenoxy) is 1. The van der Waals surface area contributed by atoms with E-state index in [0.717, 1.165) is 18.2 Å². The summed E-state index contributed by atoms with van der Waals surface area (Å²) < 4.78 is 32.1. The van der Waals surface area contributed by atoms with Crippen molar-refractivity contribution in [3.8, 4) is 5.75 Å². The van der Waals surface area contributed by atoms with Gasteiger partial charge in [-0.3, -0.25) is 4.79 Å². The number of halogens is 2. The summed E-state index contributed by atoms with van der Waals surface area (Å²) in [7, 11) is 1.37. The second kappa shape index (κ2) is 7.11. The van der Waals surface area contributed by atoms with Gasteiger partial charge >= 0.3 is 5.97 Å². The number of benzene rings is 2. The van der Waals surface area contributed by atoms with Crippen LogP contribution in [0.5, 0.6) is 5.75 Å². The lowest BCUT2D eigenvalue weighted by Crippen LogP contribution is -2.25. The summed E-state index contributed by atoms with van der Waals surface area (Å²) in [4.78, 5) is 23.3. The second-order valence-electron chi connectivity index (χ2n) is 6.17. The molecule has 7 heteroatoms. The van der Waals surface area contributed by atoms with E-state index in [1.165, 1.54) is 13.2 Å². The molecule has 0 aliphatic heterocycles. The molecule has 1 aliphatic carbocycles. The van der Waals surface area contributed by atoms with Crippen LogP contribution >= 0.6 is 0 Å². The third-order valence-corrected chi connectivity index (χ3v) is 4.45. The number of carbonyl (C=O) groups is 2. The van der Waals surface area contributed by atoms with Gasteiger partial charge in [-0.05, 0) is 53.8 Å². The summed E-state index contributed by atoms with van der Waals surface area (Å²) in [5, 5.41) is 11.8. The van der Waals surface area contributed by atoms with Crippen molar-refractivity contribution in [2.75, 3.05) is 7.11 Å². The van der Waals surface area contributed by atoms with Crippen LogP contribution in [0.15, 0.2) is 36.4 Å². The Bertz CT molecular complexity index is 869. The maximum atomic E-state index is 13.8. The number of hydrogen-bond donors (Lipinski definition) is 2. The topological polar surface area (TPSA) is 75.6 Å². The van der Waals surface area contributed by atoms with Gasteiger partial charge in [0, 0.05) is 12.5 Å². The van der Waals surface area contributed by atoms with Crippen molar-refractivity contribution in [2.24, 2.45) is 5.92 Å². The molecule has 0 bridgehead atoms. The third kappa shape index (κ3) is 3.66. The van der Waals surface area contributed by atoms with E-state index in [0.29, 0.717) is 12.0 Å². The van der Waals surface area contributed by atoms with E-state index >= 15 is 0 Å². The highest BCUT2D eigenvalue weighted by Gasteiger charge is 2.45. The third-order valence-electron chi connectivity index (χ3n) is 4.45. The molecule has 3 rings (SSSR count). The molecule has 0 heterocycles. The predicted octanol–water partition coefficient (Wildman–Crippen LogP) is 3.09. The van der Waals surface area contributed by atoms with E-state index < -0.39 is 23.5 Å². The van der Waals surface area contributed by atoms with Crippen molar-refractivity contribution in [3.63, 3.8) is 0 Å². The van der Waals surface area contributed by atoms with Gasteiger partial charge in [0.25, 0.3) is 0 Å². The van der Waals surface area contributed by atoms with Crippen molar-refractivity contribution in [2.45, 2.75) is 18.9 Å². The monoisotopic (exact) mass is 361 g/mol. The fourth-order valence-corrected chi connectivity index (χ4v) is 2.97. The van der Waals surface area contributed by atoms with Crippen molar-refractivity contribution in [3.05, 3.63) is 64.7 Å². The summed E-state index contributed by atoms with van der Waals surface area (Å²) in [6.07, 6.45) is 0.466. The molecule has 2 aromatic rings. The molecule has 2 atom stereocenters. The van der Waals surface area contributed by atoms with Gasteiger partial charge < -0.3 is 15.2 Å². The minimum Gasteiger partial charge on any atom is -0.496 e. The van der Waals surface area contributed by atoms with Gasteiger partial charge in [0.15, 0.2) is 0 Å². The molecule has 2 unspecified atom stereocenters. The first kappa shape index (κ1) is 17.8. The Morgan fingerprint density at radius 3 is 2.69 bits per heavy atom. The first-order valence-corrected chi connectivity index (χ1v) is 8.03. The van der Waals surface area contributed by atoms with Crippen LogP contribution in [0.2, 0.25) is 0 Å². The molecule has 136 valence electrons. The molecule has 1 saturated carbocycles. The average molecular weight is 361 g/mol. The molecule has 0 radical (unpaired) electrons. The Hall–Kier alpha value is -2.96. The van der Waals surface area contributed by atoms with Gasteiger partial charge in [-0.25, -0.2) is 13.6 Å². The fourth-order valence-electron chi connectivity index (χ4n) is 2.97. The first-order chi connectivity index (χ1) is 12.4. The zero-order chi connectivity index (χ0) is 18.8. The van der Waals surface area contributed by atoms with Crippen LogP contribution in [0.3, 0.4) is 0 Å². The lowest BCUT2D eigenvalue weighted by atomic mass is 10.1. The number of hydrogen-bond acceptors (Lipinski definition) is 3. The zero-order valence-corrected chi connectivity index (χ0v) is 14.0. The quantitative estimate of drug-likeness (QED) is 0.829. The van der Waals surface area contributed by atoms with Crippen LogP contribution in [-0.4, -0.2) is 24.1 Å². The lowest BCUT2D eigenvalue weighted by Gasteiger charge is -2.09. The SMILES string of the molecule is COc1cc(CNC(=O)C2CC2c2cc(F)ccc2F)ccc1C(=O)O. The molecule has 1 amide bonds. The molecule has 2 aromatic carbocycles. The molecule has 26 heavy (non-hydrogen) atoms. The fraction of sp³-hybridized carbons (Fsp3) is 0.263. The van der Waals surface area contributed by atoms with E-state index in [1.807, 2.05) is 0 Å². The van der Waals surface area contributed by atoms with Crippen molar-refractivity contribution in [1.82, 2.24) is 5.32 Å². The normalized spacial score (nSPS) is 18.3. The van der Waals surface area contributed by atoms with Crippen LogP contribution in [0.1, 0.15) is 33.8 Å². The molecule has 0 aromatic heterocycles. The highest BCUT2D eigenvalue weighted by atomic mass is 19.1. The number of aromatic carboxylic acids is 1.